The molecule has 1 saturated carbocycles. The molecule has 1 aliphatic carbocycles. The van der Waals surface area contributed by atoms with E-state index in [9.17, 15) is 4.79 Å². The lowest BCUT2D eigenvalue weighted by atomic mass is 9.93. The van der Waals surface area contributed by atoms with Gasteiger partial charge in [0.25, 0.3) is 11.8 Å². The molecule has 1 aliphatic rings. The van der Waals surface area contributed by atoms with Gasteiger partial charge in [0.05, 0.1) is 27.0 Å². The molecule has 0 bridgehead atoms. The summed E-state index contributed by atoms with van der Waals surface area (Å²) in [7, 11) is 4.63. The first-order valence-corrected chi connectivity index (χ1v) is 9.44. The Bertz CT molecular complexity index is 824. The van der Waals surface area contributed by atoms with Crippen molar-refractivity contribution in [2.45, 2.75) is 37.8 Å². The Morgan fingerprint density at radius 1 is 0.966 bits per heavy atom. The highest BCUT2D eigenvalue weighted by Gasteiger charge is 2.25. The summed E-state index contributed by atoms with van der Waals surface area (Å²) in [6, 6.07) is 5.11. The van der Waals surface area contributed by atoms with Gasteiger partial charge < -0.3 is 29.6 Å². The number of nitrogens with one attached hydrogen (secondary N) is 2. The van der Waals surface area contributed by atoms with Gasteiger partial charge in [-0.2, -0.15) is 0 Å². The fourth-order valence-electron chi connectivity index (χ4n) is 3.35. The molecule has 0 aliphatic heterocycles. The lowest BCUT2D eigenvalue weighted by molar-refractivity contribution is 0.129. The molecule has 2 N–H and O–H groups in total. The first-order chi connectivity index (χ1) is 14.1. The number of aromatic nitrogens is 2. The molecule has 1 heterocycles. The van der Waals surface area contributed by atoms with Gasteiger partial charge in [-0.3, -0.25) is 0 Å². The summed E-state index contributed by atoms with van der Waals surface area (Å²) in [6.45, 7) is 0. The highest BCUT2D eigenvalue weighted by atomic mass is 16.5. The van der Waals surface area contributed by atoms with Crippen molar-refractivity contribution in [3.8, 4) is 23.3 Å². The van der Waals surface area contributed by atoms with Crippen LogP contribution in [-0.2, 0) is 0 Å². The first kappa shape index (κ1) is 20.5. The average Bonchev–Trinajstić information content (AvgIpc) is 2.75. The van der Waals surface area contributed by atoms with Crippen molar-refractivity contribution in [1.29, 1.82) is 0 Å². The van der Waals surface area contributed by atoms with Crippen molar-refractivity contribution in [2.75, 3.05) is 26.6 Å². The number of ether oxygens (including phenoxy) is 4. The van der Waals surface area contributed by atoms with Crippen LogP contribution in [0.15, 0.2) is 30.6 Å². The standard InChI is InChI=1S/C20H26N4O5/c1-26-16-6-4-5-15(17(16)27-2)24-20(25)23-13-7-9-14(10-8-13)29-19-18(28-3)21-11-12-22-19/h4-6,11-14H,7-10H2,1-3H3,(H2,23,24,25). The zero-order valence-corrected chi connectivity index (χ0v) is 16.8. The van der Waals surface area contributed by atoms with Crippen molar-refractivity contribution >= 4 is 11.7 Å². The third-order valence-electron chi connectivity index (χ3n) is 4.77. The van der Waals surface area contributed by atoms with Gasteiger partial charge in [-0.25, -0.2) is 14.8 Å². The minimum Gasteiger partial charge on any atom is -0.493 e. The molecule has 2 amide bonds. The summed E-state index contributed by atoms with van der Waals surface area (Å²) in [5.74, 6) is 1.82. The largest absolute Gasteiger partial charge is 0.493 e. The fraction of sp³-hybridized carbons (Fsp3) is 0.450. The number of nitrogens with zero attached hydrogens (tertiary/aromatic N) is 2. The lowest BCUT2D eigenvalue weighted by Gasteiger charge is -2.29. The van der Waals surface area contributed by atoms with Crippen LogP contribution >= 0.6 is 0 Å². The molecule has 0 atom stereocenters. The maximum atomic E-state index is 12.4. The number of methoxy groups -OCH3 is 3. The van der Waals surface area contributed by atoms with E-state index in [-0.39, 0.29) is 18.2 Å². The summed E-state index contributed by atoms with van der Waals surface area (Å²) in [5, 5.41) is 5.84. The van der Waals surface area contributed by atoms with E-state index in [1.54, 1.807) is 37.7 Å². The van der Waals surface area contributed by atoms with E-state index in [1.807, 2.05) is 0 Å². The Hall–Kier alpha value is -3.23. The van der Waals surface area contributed by atoms with Gasteiger partial charge in [-0.15, -0.1) is 0 Å². The Balaban J connectivity index is 1.50. The summed E-state index contributed by atoms with van der Waals surface area (Å²) in [4.78, 5) is 20.7. The molecule has 29 heavy (non-hydrogen) atoms. The summed E-state index contributed by atoms with van der Waals surface area (Å²) in [5.41, 5.74) is 0.552. The van der Waals surface area contributed by atoms with E-state index >= 15 is 0 Å². The quantitative estimate of drug-likeness (QED) is 0.734. The maximum absolute atomic E-state index is 12.4. The normalized spacial score (nSPS) is 18.4. The number of para-hydroxylation sites is 1. The number of anilines is 1. The zero-order chi connectivity index (χ0) is 20.6. The molecule has 0 spiro atoms. The number of carbonyl (C=O) groups excluding carboxylic acids is 1. The average molecular weight is 402 g/mol. The van der Waals surface area contributed by atoms with Crippen LogP contribution in [0.2, 0.25) is 0 Å². The topological polar surface area (TPSA) is 104 Å². The predicted molar refractivity (Wildman–Crippen MR) is 107 cm³/mol. The fourth-order valence-corrected chi connectivity index (χ4v) is 3.35. The van der Waals surface area contributed by atoms with Gasteiger partial charge in [-0.1, -0.05) is 6.07 Å². The van der Waals surface area contributed by atoms with E-state index in [2.05, 4.69) is 20.6 Å². The molecule has 0 radical (unpaired) electrons. The van der Waals surface area contributed by atoms with Gasteiger partial charge in [0.15, 0.2) is 11.5 Å². The smallest absolute Gasteiger partial charge is 0.319 e. The molecule has 3 rings (SSSR count). The third-order valence-corrected chi connectivity index (χ3v) is 4.77. The minimum absolute atomic E-state index is 0.0141. The Morgan fingerprint density at radius 3 is 2.34 bits per heavy atom. The summed E-state index contributed by atoms with van der Waals surface area (Å²) in [6.07, 6.45) is 6.34. The van der Waals surface area contributed by atoms with E-state index in [0.717, 1.165) is 25.7 Å². The number of urea groups is 1. The van der Waals surface area contributed by atoms with Crippen LogP contribution in [-0.4, -0.2) is 49.5 Å². The first-order valence-electron chi connectivity index (χ1n) is 9.44. The maximum Gasteiger partial charge on any atom is 0.319 e. The number of carbonyl (C=O) groups is 1. The molecular weight excluding hydrogens is 376 g/mol. The highest BCUT2D eigenvalue weighted by molar-refractivity contribution is 5.91. The van der Waals surface area contributed by atoms with Crippen LogP contribution in [0, 0.1) is 0 Å². The molecular formula is C20H26N4O5. The van der Waals surface area contributed by atoms with Crippen LogP contribution < -0.4 is 29.6 Å². The van der Waals surface area contributed by atoms with Crippen molar-refractivity contribution in [2.24, 2.45) is 0 Å². The number of rotatable bonds is 7. The molecule has 1 fully saturated rings. The molecule has 9 nitrogen and oxygen atoms in total. The number of amides is 2. The van der Waals surface area contributed by atoms with Gasteiger partial charge in [0.1, 0.15) is 6.10 Å². The van der Waals surface area contributed by atoms with Crippen LogP contribution in [0.25, 0.3) is 0 Å². The minimum atomic E-state index is -0.281. The van der Waals surface area contributed by atoms with Gasteiger partial charge in [0.2, 0.25) is 0 Å². The van der Waals surface area contributed by atoms with Crippen molar-refractivity contribution in [1.82, 2.24) is 15.3 Å². The zero-order valence-electron chi connectivity index (χ0n) is 16.8. The summed E-state index contributed by atoms with van der Waals surface area (Å²) < 4.78 is 21.7. The summed E-state index contributed by atoms with van der Waals surface area (Å²) >= 11 is 0. The number of benzene rings is 1. The molecule has 0 saturated heterocycles. The lowest BCUT2D eigenvalue weighted by Crippen LogP contribution is -2.41. The third kappa shape index (κ3) is 5.18. The van der Waals surface area contributed by atoms with Gasteiger partial charge in [0, 0.05) is 18.4 Å². The number of hydrogen-bond acceptors (Lipinski definition) is 7. The van der Waals surface area contributed by atoms with Crippen molar-refractivity contribution in [3.63, 3.8) is 0 Å². The molecule has 156 valence electrons. The molecule has 0 unspecified atom stereocenters. The van der Waals surface area contributed by atoms with E-state index < -0.39 is 0 Å². The second-order valence-corrected chi connectivity index (χ2v) is 6.60. The van der Waals surface area contributed by atoms with E-state index in [1.165, 1.54) is 14.2 Å². The van der Waals surface area contributed by atoms with Crippen molar-refractivity contribution in [3.05, 3.63) is 30.6 Å². The Morgan fingerprint density at radius 2 is 1.69 bits per heavy atom. The molecule has 1 aromatic heterocycles. The van der Waals surface area contributed by atoms with Crippen LogP contribution in [0.3, 0.4) is 0 Å². The van der Waals surface area contributed by atoms with Crippen LogP contribution in [0.4, 0.5) is 10.5 Å². The monoisotopic (exact) mass is 402 g/mol. The van der Waals surface area contributed by atoms with Crippen LogP contribution in [0.5, 0.6) is 23.3 Å². The van der Waals surface area contributed by atoms with Crippen molar-refractivity contribution < 1.29 is 23.7 Å². The van der Waals surface area contributed by atoms with Gasteiger partial charge >= 0.3 is 6.03 Å². The Kier molecular flexibility index (Phi) is 6.94. The van der Waals surface area contributed by atoms with Crippen LogP contribution in [0.1, 0.15) is 25.7 Å². The molecule has 9 heteroatoms. The van der Waals surface area contributed by atoms with Gasteiger partial charge in [-0.05, 0) is 37.8 Å². The second kappa shape index (κ2) is 9.81. The van der Waals surface area contributed by atoms with E-state index in [0.29, 0.717) is 28.9 Å². The van der Waals surface area contributed by atoms with E-state index in [4.69, 9.17) is 18.9 Å². The Labute approximate surface area is 169 Å². The predicted octanol–water partition coefficient (Wildman–Crippen LogP) is 3.01. The molecule has 2 aromatic rings. The molecule has 1 aromatic carbocycles. The number of hydrogen-bond donors (Lipinski definition) is 2. The highest BCUT2D eigenvalue weighted by Crippen LogP contribution is 2.34. The SMILES string of the molecule is COc1cccc(NC(=O)NC2CCC(Oc3nccnc3OC)CC2)c1OC. The second-order valence-electron chi connectivity index (χ2n) is 6.60.